The molecule has 0 atom stereocenters. The lowest BCUT2D eigenvalue weighted by atomic mass is 10.2. The van der Waals surface area contributed by atoms with Gasteiger partial charge in [0.25, 0.3) is 0 Å². The van der Waals surface area contributed by atoms with Gasteiger partial charge in [-0.05, 0) is 43.2 Å². The molecular formula is C26H25N3O2S. The highest BCUT2D eigenvalue weighted by molar-refractivity contribution is 7.14. The maximum Gasteiger partial charge on any atom is 0.203 e. The number of hydrazone groups is 1. The first kappa shape index (κ1) is 21.6. The standard InChI is InChI=1S/C26H25N3O2S/c1-3-30-25-15-21(13-14-24(25)31-17-20-11-9-19(2)10-12-20)16-27-29-26-28-23(18-32-26)22-7-5-4-6-8-22/h4-16,18H,3,17H2,1-2H3,(H,28,29). The molecule has 0 radical (unpaired) electrons. The number of aryl methyl sites for hydroxylation is 1. The Labute approximate surface area is 192 Å². The van der Waals surface area contributed by atoms with Crippen LogP contribution in [0.5, 0.6) is 11.5 Å². The van der Waals surface area contributed by atoms with E-state index in [1.54, 1.807) is 6.21 Å². The van der Waals surface area contributed by atoms with Gasteiger partial charge in [-0.1, -0.05) is 60.2 Å². The number of rotatable bonds is 9. The number of benzene rings is 3. The van der Waals surface area contributed by atoms with Crippen molar-refractivity contribution in [2.75, 3.05) is 12.0 Å². The van der Waals surface area contributed by atoms with Gasteiger partial charge in [0.05, 0.1) is 18.5 Å². The third kappa shape index (κ3) is 5.74. The van der Waals surface area contributed by atoms with Crippen LogP contribution in [-0.2, 0) is 6.61 Å². The highest BCUT2D eigenvalue weighted by Crippen LogP contribution is 2.29. The first-order chi connectivity index (χ1) is 15.7. The molecule has 162 valence electrons. The summed E-state index contributed by atoms with van der Waals surface area (Å²) < 4.78 is 11.8. The Morgan fingerprint density at radius 1 is 0.969 bits per heavy atom. The number of ether oxygens (including phenoxy) is 2. The van der Waals surface area contributed by atoms with Crippen LogP contribution in [0, 0.1) is 6.92 Å². The average molecular weight is 444 g/mol. The van der Waals surface area contributed by atoms with E-state index in [0.717, 1.165) is 27.5 Å². The van der Waals surface area contributed by atoms with E-state index >= 15 is 0 Å². The molecule has 0 amide bonds. The third-order valence-electron chi connectivity index (χ3n) is 4.73. The van der Waals surface area contributed by atoms with Gasteiger partial charge in [-0.15, -0.1) is 11.3 Å². The Kier molecular flexibility index (Phi) is 7.15. The van der Waals surface area contributed by atoms with Crippen LogP contribution >= 0.6 is 11.3 Å². The summed E-state index contributed by atoms with van der Waals surface area (Å²) in [6, 6.07) is 24.2. The van der Waals surface area contributed by atoms with Crippen LogP contribution < -0.4 is 14.9 Å². The molecular weight excluding hydrogens is 418 g/mol. The van der Waals surface area contributed by atoms with Gasteiger partial charge in [0.1, 0.15) is 6.61 Å². The van der Waals surface area contributed by atoms with Crippen molar-refractivity contribution >= 4 is 22.7 Å². The summed E-state index contributed by atoms with van der Waals surface area (Å²) >= 11 is 1.52. The first-order valence-corrected chi connectivity index (χ1v) is 11.3. The fourth-order valence-corrected chi connectivity index (χ4v) is 3.74. The molecule has 6 heteroatoms. The normalized spacial score (nSPS) is 10.9. The number of aromatic nitrogens is 1. The second-order valence-corrected chi connectivity index (χ2v) is 8.05. The van der Waals surface area contributed by atoms with Gasteiger partial charge in [0.2, 0.25) is 5.13 Å². The zero-order valence-electron chi connectivity index (χ0n) is 18.1. The minimum atomic E-state index is 0.489. The van der Waals surface area contributed by atoms with E-state index in [1.165, 1.54) is 16.9 Å². The highest BCUT2D eigenvalue weighted by atomic mass is 32.1. The Bertz CT molecular complexity index is 1170. The summed E-state index contributed by atoms with van der Waals surface area (Å²) in [7, 11) is 0. The van der Waals surface area contributed by atoms with Crippen LogP contribution in [0.2, 0.25) is 0 Å². The number of nitrogens with zero attached hydrogens (tertiary/aromatic N) is 2. The van der Waals surface area contributed by atoms with Gasteiger partial charge in [0.15, 0.2) is 11.5 Å². The second-order valence-electron chi connectivity index (χ2n) is 7.19. The van der Waals surface area contributed by atoms with Gasteiger partial charge in [-0.2, -0.15) is 5.10 Å². The number of nitrogens with one attached hydrogen (secondary N) is 1. The van der Waals surface area contributed by atoms with Crippen LogP contribution in [0.25, 0.3) is 11.3 Å². The summed E-state index contributed by atoms with van der Waals surface area (Å²) in [4.78, 5) is 4.58. The van der Waals surface area contributed by atoms with Gasteiger partial charge in [-0.25, -0.2) is 4.98 Å². The second kappa shape index (κ2) is 10.6. The van der Waals surface area contributed by atoms with E-state index in [9.17, 15) is 0 Å². The quantitative estimate of drug-likeness (QED) is 0.236. The molecule has 0 spiro atoms. The van der Waals surface area contributed by atoms with Crippen LogP contribution in [0.4, 0.5) is 5.13 Å². The van der Waals surface area contributed by atoms with Crippen molar-refractivity contribution in [2.45, 2.75) is 20.5 Å². The molecule has 1 heterocycles. The lowest BCUT2D eigenvalue weighted by Gasteiger charge is -2.12. The van der Waals surface area contributed by atoms with E-state index in [2.05, 4.69) is 46.7 Å². The fraction of sp³-hybridized carbons (Fsp3) is 0.154. The minimum absolute atomic E-state index is 0.489. The smallest absolute Gasteiger partial charge is 0.203 e. The van der Waals surface area contributed by atoms with Crippen molar-refractivity contribution in [3.63, 3.8) is 0 Å². The molecule has 1 aromatic heterocycles. The largest absolute Gasteiger partial charge is 0.490 e. The molecule has 0 bridgehead atoms. The van der Waals surface area contributed by atoms with Gasteiger partial charge in [-0.3, -0.25) is 5.43 Å². The first-order valence-electron chi connectivity index (χ1n) is 10.5. The molecule has 0 aliphatic rings. The van der Waals surface area contributed by atoms with E-state index < -0.39 is 0 Å². The molecule has 32 heavy (non-hydrogen) atoms. The summed E-state index contributed by atoms with van der Waals surface area (Å²) in [5.41, 5.74) is 8.28. The van der Waals surface area contributed by atoms with Crippen LogP contribution in [0.3, 0.4) is 0 Å². The van der Waals surface area contributed by atoms with Crippen molar-refractivity contribution in [1.82, 2.24) is 4.98 Å². The van der Waals surface area contributed by atoms with Gasteiger partial charge < -0.3 is 9.47 Å². The lowest BCUT2D eigenvalue weighted by Crippen LogP contribution is -2.00. The van der Waals surface area contributed by atoms with Gasteiger partial charge in [0, 0.05) is 10.9 Å². The predicted octanol–water partition coefficient (Wildman–Crippen LogP) is 6.54. The third-order valence-corrected chi connectivity index (χ3v) is 5.48. The molecule has 5 nitrogen and oxygen atoms in total. The molecule has 3 aromatic carbocycles. The Morgan fingerprint density at radius 2 is 1.78 bits per heavy atom. The van der Waals surface area contributed by atoms with E-state index in [-0.39, 0.29) is 0 Å². The van der Waals surface area contributed by atoms with Crippen LogP contribution in [0.1, 0.15) is 23.6 Å². The monoisotopic (exact) mass is 443 g/mol. The Morgan fingerprint density at radius 3 is 2.56 bits per heavy atom. The zero-order valence-corrected chi connectivity index (χ0v) is 18.9. The Hall–Kier alpha value is -3.64. The summed E-state index contributed by atoms with van der Waals surface area (Å²) in [6.07, 6.45) is 1.75. The average Bonchev–Trinajstić information content (AvgIpc) is 3.29. The minimum Gasteiger partial charge on any atom is -0.490 e. The molecule has 1 N–H and O–H groups in total. The maximum atomic E-state index is 6.00. The van der Waals surface area contributed by atoms with Crippen molar-refractivity contribution in [2.24, 2.45) is 5.10 Å². The molecule has 4 rings (SSSR count). The van der Waals surface area contributed by atoms with Crippen molar-refractivity contribution < 1.29 is 9.47 Å². The summed E-state index contributed by atoms with van der Waals surface area (Å²) in [5.74, 6) is 1.41. The van der Waals surface area contributed by atoms with E-state index in [0.29, 0.717) is 24.7 Å². The van der Waals surface area contributed by atoms with Crippen molar-refractivity contribution in [3.8, 4) is 22.8 Å². The molecule has 0 saturated heterocycles. The number of hydrogen-bond donors (Lipinski definition) is 1. The number of hydrogen-bond acceptors (Lipinski definition) is 6. The molecule has 0 saturated carbocycles. The Balaban J connectivity index is 1.40. The topological polar surface area (TPSA) is 55.7 Å². The predicted molar refractivity (Wildman–Crippen MR) is 132 cm³/mol. The molecule has 0 fully saturated rings. The summed E-state index contributed by atoms with van der Waals surface area (Å²) in [6.45, 7) is 5.08. The zero-order chi connectivity index (χ0) is 22.2. The molecule has 4 aromatic rings. The molecule has 0 unspecified atom stereocenters. The molecule has 0 aliphatic carbocycles. The van der Waals surface area contributed by atoms with E-state index in [4.69, 9.17) is 9.47 Å². The van der Waals surface area contributed by atoms with E-state index in [1.807, 2.05) is 60.8 Å². The van der Waals surface area contributed by atoms with Crippen LogP contribution in [-0.4, -0.2) is 17.8 Å². The molecule has 0 aliphatic heterocycles. The fourth-order valence-electron chi connectivity index (χ4n) is 3.07. The van der Waals surface area contributed by atoms with Crippen molar-refractivity contribution in [3.05, 3.63) is 94.9 Å². The summed E-state index contributed by atoms with van der Waals surface area (Å²) in [5, 5.41) is 7.08. The SMILES string of the molecule is CCOc1cc(C=NNc2nc(-c3ccccc3)cs2)ccc1OCc1ccc(C)cc1. The highest BCUT2D eigenvalue weighted by Gasteiger charge is 2.07. The van der Waals surface area contributed by atoms with Crippen molar-refractivity contribution in [1.29, 1.82) is 0 Å². The maximum absolute atomic E-state index is 6.00. The number of anilines is 1. The van der Waals surface area contributed by atoms with Gasteiger partial charge >= 0.3 is 0 Å². The van der Waals surface area contributed by atoms with Crippen LogP contribution in [0.15, 0.2) is 83.3 Å². The number of thiazole rings is 1. The lowest BCUT2D eigenvalue weighted by molar-refractivity contribution is 0.269.